The molecular weight excluding hydrogens is 656 g/mol. The van der Waals surface area contributed by atoms with Gasteiger partial charge in [0.2, 0.25) is 0 Å². The fourth-order valence-corrected chi connectivity index (χ4v) is 9.56. The molecule has 2 aromatic heterocycles. The van der Waals surface area contributed by atoms with Crippen molar-refractivity contribution in [1.82, 2.24) is 4.98 Å². The third kappa shape index (κ3) is 5.27. The number of rotatable bonds is 5. The van der Waals surface area contributed by atoms with Crippen molar-refractivity contribution in [3.05, 3.63) is 122 Å². The van der Waals surface area contributed by atoms with Crippen LogP contribution in [0.4, 0.5) is 5.69 Å². The first-order valence-corrected chi connectivity index (χ1v) is 17.2. The van der Waals surface area contributed by atoms with Crippen LogP contribution in [0.25, 0.3) is 11.3 Å². The number of benzene rings is 2. The van der Waals surface area contributed by atoms with Crippen LogP contribution in [0.3, 0.4) is 0 Å². The van der Waals surface area contributed by atoms with E-state index >= 15 is 0 Å². The molecule has 5 unspecified atom stereocenters. The summed E-state index contributed by atoms with van der Waals surface area (Å²) in [6.07, 6.45) is 1.84. The molecule has 0 bridgehead atoms. The van der Waals surface area contributed by atoms with Crippen LogP contribution in [0.1, 0.15) is 73.9 Å². The smallest absolute Gasteiger partial charge is 0.345 e. The quantitative estimate of drug-likeness (QED) is 0.137. The van der Waals surface area contributed by atoms with Crippen molar-refractivity contribution < 1.29 is 38.2 Å². The van der Waals surface area contributed by atoms with Gasteiger partial charge in [-0.3, -0.25) is 15.1 Å². The number of aliphatic hydroxyl groups excluding tert-OH is 1. The lowest BCUT2D eigenvalue weighted by Crippen LogP contribution is -2.71. The molecule has 9 atom stereocenters. The van der Waals surface area contributed by atoms with E-state index in [0.717, 1.165) is 5.56 Å². The molecule has 4 aromatic rings. The van der Waals surface area contributed by atoms with Crippen molar-refractivity contribution in [1.29, 1.82) is 0 Å². The average Bonchev–Trinajstić information content (AvgIpc) is 3.12. The standard InChI is InChI=1S/C39H38N2O10/c1-37-16-15-29-38(2,21-47-36(50-29)23-8-5-4-6-9-23)28(37)19-30(49-34(43)22-11-13-25(14-12-22)41(45)46)39(3)33(37)32(42)31-27(51-39)18-26(48-35(31)44)24-10-7-17-40-20-24/h4-14,17-18,20,28-30,32-33,36,42H,15-16,19,21H2,1-3H3/t28?,29?,30-,32-,33?,36?,37?,38-,39+/m0/s1. The minimum Gasteiger partial charge on any atom is -0.482 e. The zero-order valence-electron chi connectivity index (χ0n) is 28.4. The average molecular weight is 695 g/mol. The predicted molar refractivity (Wildman–Crippen MR) is 182 cm³/mol. The summed E-state index contributed by atoms with van der Waals surface area (Å²) < 4.78 is 32.0. The Kier molecular flexibility index (Phi) is 7.89. The number of hydrogen-bond acceptors (Lipinski definition) is 11. The Morgan fingerprint density at radius 3 is 2.51 bits per heavy atom. The summed E-state index contributed by atoms with van der Waals surface area (Å²) in [5.41, 5.74) is -1.76. The van der Waals surface area contributed by atoms with Crippen molar-refractivity contribution in [3.8, 4) is 17.1 Å². The number of nitro groups is 1. The number of hydrogen-bond donors (Lipinski definition) is 1. The largest absolute Gasteiger partial charge is 0.482 e. The van der Waals surface area contributed by atoms with Gasteiger partial charge >= 0.3 is 11.6 Å². The van der Waals surface area contributed by atoms with Gasteiger partial charge in [0.05, 0.1) is 29.3 Å². The lowest BCUT2D eigenvalue weighted by Gasteiger charge is -2.67. The van der Waals surface area contributed by atoms with Gasteiger partial charge in [0.1, 0.15) is 28.8 Å². The fraction of sp³-hybridized carbons (Fsp3) is 0.410. The molecule has 0 radical (unpaired) electrons. The van der Waals surface area contributed by atoms with E-state index in [4.69, 9.17) is 23.4 Å². The van der Waals surface area contributed by atoms with Gasteiger partial charge in [-0.15, -0.1) is 0 Å². The van der Waals surface area contributed by atoms with Crippen LogP contribution in [-0.2, 0) is 14.2 Å². The van der Waals surface area contributed by atoms with Gasteiger partial charge in [-0.2, -0.15) is 0 Å². The molecule has 264 valence electrons. The molecule has 2 saturated carbocycles. The highest BCUT2D eigenvalue weighted by molar-refractivity contribution is 5.89. The first-order chi connectivity index (χ1) is 24.4. The van der Waals surface area contributed by atoms with E-state index in [-0.39, 0.29) is 40.3 Å². The maximum absolute atomic E-state index is 13.8. The number of carbonyl (C=O) groups is 1. The van der Waals surface area contributed by atoms with Gasteiger partial charge in [0.25, 0.3) is 5.69 Å². The molecule has 12 heteroatoms. The van der Waals surface area contributed by atoms with Crippen LogP contribution in [0, 0.1) is 32.8 Å². The summed E-state index contributed by atoms with van der Waals surface area (Å²) >= 11 is 0. The summed E-state index contributed by atoms with van der Waals surface area (Å²) in [4.78, 5) is 42.4. The van der Waals surface area contributed by atoms with E-state index in [1.807, 2.05) is 37.3 Å². The van der Waals surface area contributed by atoms with Crippen LogP contribution in [-0.4, -0.2) is 45.4 Å². The van der Waals surface area contributed by atoms with E-state index < -0.39 is 57.4 Å². The second-order valence-electron chi connectivity index (χ2n) is 14.8. The molecule has 2 aliphatic carbocycles. The van der Waals surface area contributed by atoms with Crippen molar-refractivity contribution in [2.24, 2.45) is 22.7 Å². The molecule has 0 spiro atoms. The maximum atomic E-state index is 13.8. The van der Waals surface area contributed by atoms with Crippen LogP contribution in [0.5, 0.6) is 5.75 Å². The van der Waals surface area contributed by atoms with Crippen LogP contribution >= 0.6 is 0 Å². The van der Waals surface area contributed by atoms with E-state index in [9.17, 15) is 24.8 Å². The molecule has 4 aliphatic rings. The Balaban J connectivity index is 1.20. The Bertz CT molecular complexity index is 2040. The van der Waals surface area contributed by atoms with Gasteiger partial charge in [0.15, 0.2) is 6.29 Å². The lowest BCUT2D eigenvalue weighted by atomic mass is 9.42. The SMILES string of the molecule is CC12CCC3OC(c4ccccc4)OC[C@@]3(C)C1C[C@H](OC(=O)c1ccc([N+](=O)[O-])cc1)[C@@]1(C)Oc3cc(-c4cccnc4)oc(=O)c3[C@H](O)C21. The number of nitrogens with zero attached hydrogens (tertiary/aromatic N) is 2. The topological polar surface area (TPSA) is 160 Å². The zero-order valence-corrected chi connectivity index (χ0v) is 28.4. The minimum absolute atomic E-state index is 0.0139. The summed E-state index contributed by atoms with van der Waals surface area (Å²) in [5.74, 6) is -1.26. The molecule has 12 nitrogen and oxygen atoms in total. The summed E-state index contributed by atoms with van der Waals surface area (Å²) in [7, 11) is 0. The normalized spacial score (nSPS) is 33.7. The first kappa shape index (κ1) is 33.2. The molecule has 2 aromatic carbocycles. The van der Waals surface area contributed by atoms with Crippen molar-refractivity contribution in [2.45, 2.75) is 70.2 Å². The number of nitro benzene ring substituents is 1. The number of esters is 1. The number of fused-ring (bicyclic) bond motifs is 6. The molecule has 0 amide bonds. The summed E-state index contributed by atoms with van der Waals surface area (Å²) in [6, 6.07) is 20.0. The summed E-state index contributed by atoms with van der Waals surface area (Å²) in [5, 5.41) is 23.6. The molecular formula is C39H38N2O10. The molecule has 8 rings (SSSR count). The van der Waals surface area contributed by atoms with Gasteiger partial charge in [-0.25, -0.2) is 9.59 Å². The fourth-order valence-electron chi connectivity index (χ4n) is 9.56. The van der Waals surface area contributed by atoms with Gasteiger partial charge in [-0.1, -0.05) is 44.2 Å². The number of aromatic nitrogens is 1. The molecule has 1 N–H and O–H groups in total. The third-order valence-corrected chi connectivity index (χ3v) is 12.0. The van der Waals surface area contributed by atoms with Gasteiger partial charge in [0, 0.05) is 53.1 Å². The van der Waals surface area contributed by atoms with Crippen LogP contribution in [0.15, 0.2) is 94.4 Å². The highest BCUT2D eigenvalue weighted by atomic mass is 16.7. The first-order valence-electron chi connectivity index (χ1n) is 17.2. The van der Waals surface area contributed by atoms with Gasteiger partial charge < -0.3 is 28.5 Å². The van der Waals surface area contributed by atoms with Crippen LogP contribution < -0.4 is 10.4 Å². The molecule has 4 heterocycles. The number of ether oxygens (including phenoxy) is 4. The number of carbonyl (C=O) groups excluding carboxylic acids is 1. The minimum atomic E-state index is -1.33. The van der Waals surface area contributed by atoms with E-state index in [0.29, 0.717) is 31.4 Å². The second-order valence-corrected chi connectivity index (χ2v) is 14.8. The van der Waals surface area contributed by atoms with E-state index in [2.05, 4.69) is 18.8 Å². The van der Waals surface area contributed by atoms with Crippen molar-refractivity contribution in [2.75, 3.05) is 6.61 Å². The second kappa shape index (κ2) is 12.1. The predicted octanol–water partition coefficient (Wildman–Crippen LogP) is 6.58. The van der Waals surface area contributed by atoms with Crippen molar-refractivity contribution >= 4 is 11.7 Å². The van der Waals surface area contributed by atoms with E-state index in [1.165, 1.54) is 24.3 Å². The molecule has 2 aliphatic heterocycles. The highest BCUT2D eigenvalue weighted by Crippen LogP contribution is 2.68. The number of aliphatic hydroxyl groups is 1. The highest BCUT2D eigenvalue weighted by Gasteiger charge is 2.71. The van der Waals surface area contributed by atoms with Crippen molar-refractivity contribution in [3.63, 3.8) is 0 Å². The Morgan fingerprint density at radius 1 is 1.04 bits per heavy atom. The lowest BCUT2D eigenvalue weighted by molar-refractivity contribution is -0.384. The molecule has 51 heavy (non-hydrogen) atoms. The maximum Gasteiger partial charge on any atom is 0.345 e. The number of pyridine rings is 1. The number of non-ortho nitro benzene ring substituents is 1. The third-order valence-electron chi connectivity index (χ3n) is 12.0. The van der Waals surface area contributed by atoms with Crippen LogP contribution in [0.2, 0.25) is 0 Å². The zero-order chi connectivity index (χ0) is 35.7. The Hall–Kier alpha value is -4.91. The van der Waals surface area contributed by atoms with Gasteiger partial charge in [-0.05, 0) is 61.8 Å². The molecule has 1 saturated heterocycles. The molecule has 3 fully saturated rings. The van der Waals surface area contributed by atoms with E-state index in [1.54, 1.807) is 30.6 Å². The monoisotopic (exact) mass is 694 g/mol. The Labute approximate surface area is 293 Å². The summed E-state index contributed by atoms with van der Waals surface area (Å²) in [6.45, 7) is 6.42. The Morgan fingerprint density at radius 2 is 1.80 bits per heavy atom.